The van der Waals surface area contributed by atoms with Crippen LogP contribution in [0.25, 0.3) is 0 Å². The molecule has 15 heteroatoms. The summed E-state index contributed by atoms with van der Waals surface area (Å²) in [6.07, 6.45) is -12.7. The van der Waals surface area contributed by atoms with Crippen molar-refractivity contribution in [2.24, 2.45) is 0 Å². The zero-order valence-corrected chi connectivity index (χ0v) is 11.8. The molecule has 0 N–H and O–H groups in total. The normalized spacial score (nSPS) is 14.8. The van der Waals surface area contributed by atoms with E-state index >= 15 is 0 Å². The average Bonchev–Trinajstić information content (AvgIpc) is 2.34. The first-order chi connectivity index (χ1) is 10.3. The molecule has 4 nitrogen and oxygen atoms in total. The van der Waals surface area contributed by atoms with Gasteiger partial charge in [0.2, 0.25) is 15.0 Å². The lowest BCUT2D eigenvalue weighted by Gasteiger charge is -2.23. The van der Waals surface area contributed by atoms with Gasteiger partial charge in [-0.2, -0.15) is 43.9 Å². The van der Waals surface area contributed by atoms with Crippen molar-refractivity contribution in [2.75, 3.05) is 6.26 Å². The highest BCUT2D eigenvalue weighted by Gasteiger charge is 2.63. The highest BCUT2D eigenvalue weighted by Crippen LogP contribution is 2.47. The molecule has 0 spiro atoms. The number of rotatable bonds is 3. The summed E-state index contributed by atoms with van der Waals surface area (Å²) in [6.45, 7) is 0. The van der Waals surface area contributed by atoms with Gasteiger partial charge in [-0.25, -0.2) is 18.4 Å². The second kappa shape index (κ2) is 5.42. The van der Waals surface area contributed by atoms with Crippen molar-refractivity contribution in [1.82, 2.24) is 9.97 Å². The molecule has 0 aliphatic heterocycles. The second-order valence-corrected chi connectivity index (χ2v) is 6.25. The molecule has 1 aromatic rings. The predicted molar refractivity (Wildman–Crippen MR) is 55.0 cm³/mol. The smallest absolute Gasteiger partial charge is 0.221 e. The topological polar surface area (TPSA) is 59.9 Å². The molecule has 1 rings (SSSR count). The van der Waals surface area contributed by atoms with Gasteiger partial charge in [0.15, 0.2) is 0 Å². The Morgan fingerprint density at radius 2 is 1.04 bits per heavy atom. The third-order valence-corrected chi connectivity index (χ3v) is 3.24. The number of sulfone groups is 1. The lowest BCUT2D eigenvalue weighted by Crippen LogP contribution is -2.38. The lowest BCUT2D eigenvalue weighted by atomic mass is 10.1. The third-order valence-electron chi connectivity index (χ3n) is 2.39. The van der Waals surface area contributed by atoms with E-state index in [4.69, 9.17) is 0 Å². The maximum Gasteiger partial charge on any atom is 0.459 e. The Kier molecular flexibility index (Phi) is 4.60. The van der Waals surface area contributed by atoms with Crippen molar-refractivity contribution in [1.29, 1.82) is 0 Å². The molecule has 0 radical (unpaired) electrons. The van der Waals surface area contributed by atoms with Gasteiger partial charge in [-0.3, -0.25) is 0 Å². The molecular weight excluding hydrogens is 390 g/mol. The molecule has 1 aromatic heterocycles. The van der Waals surface area contributed by atoms with Gasteiger partial charge in [-0.1, -0.05) is 0 Å². The highest BCUT2D eigenvalue weighted by atomic mass is 32.2. The molecule has 0 saturated heterocycles. The van der Waals surface area contributed by atoms with Crippen LogP contribution >= 0.6 is 0 Å². The summed E-state index contributed by atoms with van der Waals surface area (Å²) in [5.41, 5.74) is -5.33. The van der Waals surface area contributed by atoms with Crippen LogP contribution in [0.5, 0.6) is 0 Å². The van der Waals surface area contributed by atoms with Crippen LogP contribution in [-0.4, -0.2) is 37.0 Å². The molecule has 0 amide bonds. The van der Waals surface area contributed by atoms with Gasteiger partial charge in [-0.05, 0) is 6.07 Å². The third kappa shape index (κ3) is 3.54. The Hall–Kier alpha value is -1.67. The van der Waals surface area contributed by atoms with Crippen LogP contribution in [0.4, 0.5) is 43.9 Å². The summed E-state index contributed by atoms with van der Waals surface area (Å²) in [5, 5.41) is -2.04. The fourth-order valence-corrected chi connectivity index (χ4v) is 1.73. The maximum atomic E-state index is 13.2. The number of halogens is 10. The molecule has 0 aliphatic carbocycles. The minimum atomic E-state index is -6.43. The highest BCUT2D eigenvalue weighted by molar-refractivity contribution is 7.90. The largest absolute Gasteiger partial charge is 0.459 e. The Morgan fingerprint density at radius 3 is 1.25 bits per heavy atom. The van der Waals surface area contributed by atoms with Crippen molar-refractivity contribution in [3.05, 3.63) is 17.5 Å². The van der Waals surface area contributed by atoms with Crippen LogP contribution in [0.2, 0.25) is 0 Å². The molecule has 24 heavy (non-hydrogen) atoms. The van der Waals surface area contributed by atoms with Gasteiger partial charge < -0.3 is 0 Å². The number of hydrogen-bond donors (Lipinski definition) is 0. The van der Waals surface area contributed by atoms with Gasteiger partial charge >= 0.3 is 24.2 Å². The van der Waals surface area contributed by atoms with E-state index in [0.29, 0.717) is 0 Å². The zero-order chi connectivity index (χ0) is 19.4. The fraction of sp³-hybridized carbons (Fsp3) is 0.556. The van der Waals surface area contributed by atoms with E-state index in [0.717, 1.165) is 0 Å². The van der Waals surface area contributed by atoms with Crippen molar-refractivity contribution in [3.63, 3.8) is 0 Å². The zero-order valence-electron chi connectivity index (χ0n) is 11.0. The molecule has 1 heterocycles. The summed E-state index contributed by atoms with van der Waals surface area (Å²) in [4.78, 5) is 4.54. The minimum absolute atomic E-state index is 0.118. The first-order valence-corrected chi connectivity index (χ1v) is 7.20. The van der Waals surface area contributed by atoms with E-state index in [1.807, 2.05) is 0 Å². The van der Waals surface area contributed by atoms with Crippen LogP contribution in [0.1, 0.15) is 11.4 Å². The van der Waals surface area contributed by atoms with Gasteiger partial charge in [-0.15, -0.1) is 0 Å². The van der Waals surface area contributed by atoms with Crippen LogP contribution in [0.3, 0.4) is 0 Å². The average molecular weight is 394 g/mol. The molecular formula is C9H4F10N2O2S. The fourth-order valence-electron chi connectivity index (χ4n) is 1.20. The van der Waals surface area contributed by atoms with Gasteiger partial charge in [0, 0.05) is 6.26 Å². The monoisotopic (exact) mass is 394 g/mol. The molecule has 0 saturated carbocycles. The van der Waals surface area contributed by atoms with E-state index in [1.54, 1.807) is 0 Å². The molecule has 138 valence electrons. The molecule has 0 fully saturated rings. The Balaban J connectivity index is 3.81. The van der Waals surface area contributed by atoms with E-state index in [1.165, 1.54) is 0 Å². The second-order valence-electron chi connectivity index (χ2n) is 4.34. The Labute approximate surface area is 126 Å². The first-order valence-electron chi connectivity index (χ1n) is 5.31. The Bertz CT molecular complexity index is 693. The molecule has 0 bridgehead atoms. The number of alkyl halides is 10. The number of nitrogens with zero attached hydrogens (tertiary/aromatic N) is 2. The summed E-state index contributed by atoms with van der Waals surface area (Å²) in [5.74, 6) is -12.0. The molecule has 0 aliphatic rings. The number of aromatic nitrogens is 2. The van der Waals surface area contributed by atoms with Gasteiger partial charge in [0.1, 0.15) is 11.4 Å². The SMILES string of the molecule is CS(=O)(=O)c1nc(C(F)(F)C(F)(F)F)cc(C(F)(F)C(F)(F)F)n1. The predicted octanol–water partition coefficient (Wildman–Crippen LogP) is 3.19. The standard InChI is InChI=1S/C9H4F10N2O2S/c1-24(22,23)5-20-3(6(10,11)8(14,15)16)2-4(21-5)7(12,13)9(17,18)19/h2H,1H3. The first kappa shape index (κ1) is 20.4. The minimum Gasteiger partial charge on any atom is -0.221 e. The summed E-state index contributed by atoms with van der Waals surface area (Å²) in [6, 6.07) is -0.949. The van der Waals surface area contributed by atoms with Gasteiger partial charge in [0.25, 0.3) is 0 Å². The quantitative estimate of drug-likeness (QED) is 0.584. The van der Waals surface area contributed by atoms with Crippen LogP contribution < -0.4 is 0 Å². The van der Waals surface area contributed by atoms with Crippen LogP contribution in [0, 0.1) is 0 Å². The Morgan fingerprint density at radius 1 is 0.750 bits per heavy atom. The lowest BCUT2D eigenvalue weighted by molar-refractivity contribution is -0.294. The summed E-state index contributed by atoms with van der Waals surface area (Å²) < 4.78 is 148. The van der Waals surface area contributed by atoms with Crippen molar-refractivity contribution in [2.45, 2.75) is 29.4 Å². The van der Waals surface area contributed by atoms with Crippen LogP contribution in [-0.2, 0) is 21.7 Å². The van der Waals surface area contributed by atoms with Crippen LogP contribution in [0.15, 0.2) is 11.2 Å². The summed E-state index contributed by atoms with van der Waals surface area (Å²) >= 11 is 0. The van der Waals surface area contributed by atoms with E-state index in [9.17, 15) is 52.3 Å². The van der Waals surface area contributed by atoms with Gasteiger partial charge in [0.05, 0.1) is 0 Å². The van der Waals surface area contributed by atoms with Crippen molar-refractivity contribution >= 4 is 9.84 Å². The van der Waals surface area contributed by atoms with E-state index in [2.05, 4.69) is 9.97 Å². The molecule has 0 unspecified atom stereocenters. The maximum absolute atomic E-state index is 13.2. The summed E-state index contributed by atoms with van der Waals surface area (Å²) in [7, 11) is -4.88. The van der Waals surface area contributed by atoms with Crippen molar-refractivity contribution < 1.29 is 52.3 Å². The molecule has 0 aromatic carbocycles. The van der Waals surface area contributed by atoms with Crippen molar-refractivity contribution in [3.8, 4) is 0 Å². The van der Waals surface area contributed by atoms with E-state index in [-0.39, 0.29) is 6.26 Å². The molecule has 0 atom stereocenters. The van der Waals surface area contributed by atoms with E-state index < -0.39 is 56.6 Å². The number of hydrogen-bond acceptors (Lipinski definition) is 4.